The number of amides is 1. The molecule has 0 aliphatic carbocycles. The van der Waals surface area contributed by atoms with Gasteiger partial charge in [-0.25, -0.2) is 0 Å². The Morgan fingerprint density at radius 3 is 2.62 bits per heavy atom. The summed E-state index contributed by atoms with van der Waals surface area (Å²) in [6, 6.07) is -0.186. The van der Waals surface area contributed by atoms with Crippen molar-refractivity contribution in [1.82, 2.24) is 10.6 Å². The maximum Gasteiger partial charge on any atom is 0.397 e. The molecule has 0 radical (unpaired) electrons. The average molecular weight is 261 g/mol. The van der Waals surface area contributed by atoms with E-state index in [0.29, 0.717) is 6.54 Å². The van der Waals surface area contributed by atoms with Crippen LogP contribution in [0.25, 0.3) is 0 Å². The molecule has 1 aliphatic rings. The molecule has 0 spiro atoms. The fourth-order valence-corrected chi connectivity index (χ4v) is 1.62. The Morgan fingerprint density at radius 2 is 2.12 bits per heavy atom. The van der Waals surface area contributed by atoms with Crippen LogP contribution < -0.4 is 10.6 Å². The molecule has 96 valence electrons. The molecule has 0 aromatic heterocycles. The second kappa shape index (κ2) is 6.30. The largest absolute Gasteiger partial charge is 0.397 e. The molecule has 1 rings (SSSR count). The minimum Gasteiger partial charge on any atom is -0.352 e. The molecule has 1 amide bonds. The number of carbonyl (C=O) groups is 1. The third-order valence-electron chi connectivity index (χ3n) is 2.53. The Balaban J connectivity index is 0.00000225. The molecule has 2 atom stereocenters. The number of rotatable bonds is 2. The maximum absolute atomic E-state index is 11.9. The van der Waals surface area contributed by atoms with Crippen molar-refractivity contribution in [1.29, 1.82) is 0 Å². The highest BCUT2D eigenvalue weighted by molar-refractivity contribution is 5.85. The first kappa shape index (κ1) is 15.5. The van der Waals surface area contributed by atoms with Crippen LogP contribution in [0.3, 0.4) is 0 Å². The van der Waals surface area contributed by atoms with Crippen molar-refractivity contribution in [2.24, 2.45) is 5.92 Å². The van der Waals surface area contributed by atoms with Crippen LogP contribution >= 0.6 is 12.4 Å². The highest BCUT2D eigenvalue weighted by Crippen LogP contribution is 2.19. The van der Waals surface area contributed by atoms with E-state index >= 15 is 0 Å². The Hall–Kier alpha value is -0.490. The van der Waals surface area contributed by atoms with Gasteiger partial charge in [0.25, 0.3) is 0 Å². The lowest BCUT2D eigenvalue weighted by atomic mass is 9.95. The first-order valence-corrected chi connectivity index (χ1v) is 4.95. The van der Waals surface area contributed by atoms with Gasteiger partial charge < -0.3 is 10.6 Å². The number of halogens is 4. The minimum atomic E-state index is -4.42. The first-order valence-electron chi connectivity index (χ1n) is 4.95. The zero-order valence-corrected chi connectivity index (χ0v) is 9.75. The molecule has 1 heterocycles. The van der Waals surface area contributed by atoms with Crippen molar-refractivity contribution in [3.05, 3.63) is 0 Å². The van der Waals surface area contributed by atoms with Crippen molar-refractivity contribution in [2.75, 3.05) is 13.1 Å². The molecule has 0 saturated carbocycles. The van der Waals surface area contributed by atoms with E-state index in [1.165, 1.54) is 0 Å². The third-order valence-corrected chi connectivity index (χ3v) is 2.53. The molecule has 1 fully saturated rings. The SMILES string of the molecule is CC1CCNCC1NC(=O)CC(F)(F)F.Cl. The van der Waals surface area contributed by atoms with E-state index in [1.54, 1.807) is 0 Å². The van der Waals surface area contributed by atoms with Gasteiger partial charge in [0.1, 0.15) is 6.42 Å². The van der Waals surface area contributed by atoms with Gasteiger partial charge in [0, 0.05) is 12.6 Å². The Labute approximate surface area is 98.6 Å². The van der Waals surface area contributed by atoms with Gasteiger partial charge in [-0.1, -0.05) is 6.92 Å². The molecule has 16 heavy (non-hydrogen) atoms. The average Bonchev–Trinajstić information content (AvgIpc) is 2.05. The fourth-order valence-electron chi connectivity index (χ4n) is 1.62. The summed E-state index contributed by atoms with van der Waals surface area (Å²) in [5, 5.41) is 5.44. The van der Waals surface area contributed by atoms with E-state index in [2.05, 4.69) is 10.6 Å². The quantitative estimate of drug-likeness (QED) is 0.790. The molecular weight excluding hydrogens is 245 g/mol. The molecule has 2 N–H and O–H groups in total. The normalized spacial score (nSPS) is 25.8. The van der Waals surface area contributed by atoms with Crippen LogP contribution in [0.15, 0.2) is 0 Å². The summed E-state index contributed by atoms with van der Waals surface area (Å²) in [6.45, 7) is 3.33. The van der Waals surface area contributed by atoms with Crippen LogP contribution in [0.4, 0.5) is 13.2 Å². The van der Waals surface area contributed by atoms with Gasteiger partial charge in [-0.15, -0.1) is 12.4 Å². The molecule has 7 heteroatoms. The number of nitrogens with one attached hydrogen (secondary N) is 2. The lowest BCUT2D eigenvalue weighted by Gasteiger charge is -2.30. The number of alkyl halides is 3. The molecule has 2 unspecified atom stereocenters. The number of hydrogen-bond acceptors (Lipinski definition) is 2. The molecule has 0 bridgehead atoms. The molecule has 1 aliphatic heterocycles. The van der Waals surface area contributed by atoms with Crippen molar-refractivity contribution in [2.45, 2.75) is 32.0 Å². The van der Waals surface area contributed by atoms with Gasteiger partial charge in [0.05, 0.1) is 0 Å². The van der Waals surface area contributed by atoms with Crippen LogP contribution in [0.2, 0.25) is 0 Å². The highest BCUT2D eigenvalue weighted by Gasteiger charge is 2.33. The van der Waals surface area contributed by atoms with Gasteiger partial charge >= 0.3 is 6.18 Å². The molecule has 3 nitrogen and oxygen atoms in total. The van der Waals surface area contributed by atoms with Crippen molar-refractivity contribution < 1.29 is 18.0 Å². The summed E-state index contributed by atoms with van der Waals surface area (Å²) in [4.78, 5) is 11.0. The Bertz CT molecular complexity index is 235. The van der Waals surface area contributed by atoms with Gasteiger partial charge in [-0.2, -0.15) is 13.2 Å². The first-order chi connectivity index (χ1) is 6.88. The zero-order chi connectivity index (χ0) is 11.5. The second-order valence-corrected chi connectivity index (χ2v) is 3.94. The van der Waals surface area contributed by atoms with Crippen molar-refractivity contribution in [3.63, 3.8) is 0 Å². The van der Waals surface area contributed by atoms with E-state index in [4.69, 9.17) is 0 Å². The Kier molecular flexibility index (Phi) is 6.10. The van der Waals surface area contributed by atoms with E-state index in [1.807, 2.05) is 6.92 Å². The van der Waals surface area contributed by atoms with Gasteiger partial charge in [-0.05, 0) is 18.9 Å². The number of piperidine rings is 1. The van der Waals surface area contributed by atoms with Gasteiger partial charge in [-0.3, -0.25) is 4.79 Å². The number of hydrogen-bond donors (Lipinski definition) is 2. The maximum atomic E-state index is 11.9. The van der Waals surface area contributed by atoms with E-state index < -0.39 is 18.5 Å². The minimum absolute atomic E-state index is 0. The lowest BCUT2D eigenvalue weighted by molar-refractivity contribution is -0.154. The topological polar surface area (TPSA) is 41.1 Å². The van der Waals surface area contributed by atoms with Crippen LogP contribution in [0.5, 0.6) is 0 Å². The Morgan fingerprint density at radius 1 is 1.50 bits per heavy atom. The van der Waals surface area contributed by atoms with Crippen molar-refractivity contribution in [3.8, 4) is 0 Å². The van der Waals surface area contributed by atoms with Crippen LogP contribution in [-0.4, -0.2) is 31.2 Å². The lowest BCUT2D eigenvalue weighted by Crippen LogP contribution is -2.50. The van der Waals surface area contributed by atoms with E-state index in [0.717, 1.165) is 13.0 Å². The summed E-state index contributed by atoms with van der Waals surface area (Å²) in [5.74, 6) is -0.716. The predicted octanol–water partition coefficient (Wildman–Crippen LogP) is 1.47. The molecule has 1 saturated heterocycles. The summed E-state index contributed by atoms with van der Waals surface area (Å²) in [6.07, 6.45) is -4.94. The van der Waals surface area contributed by atoms with Gasteiger partial charge in [0.2, 0.25) is 5.91 Å². The summed E-state index contributed by atoms with van der Waals surface area (Å²) in [5.41, 5.74) is 0. The van der Waals surface area contributed by atoms with Crippen LogP contribution in [-0.2, 0) is 4.79 Å². The molecular formula is C9H16ClF3N2O. The fraction of sp³-hybridized carbons (Fsp3) is 0.889. The summed E-state index contributed by atoms with van der Waals surface area (Å²) < 4.78 is 35.6. The van der Waals surface area contributed by atoms with Crippen LogP contribution in [0, 0.1) is 5.92 Å². The van der Waals surface area contributed by atoms with E-state index in [9.17, 15) is 18.0 Å². The monoisotopic (exact) mass is 260 g/mol. The zero-order valence-electron chi connectivity index (χ0n) is 8.93. The number of carbonyl (C=O) groups excluding carboxylic acids is 1. The molecule has 0 aromatic carbocycles. The predicted molar refractivity (Wildman–Crippen MR) is 56.5 cm³/mol. The van der Waals surface area contributed by atoms with Crippen molar-refractivity contribution >= 4 is 18.3 Å². The molecule has 0 aromatic rings. The van der Waals surface area contributed by atoms with Crippen LogP contribution in [0.1, 0.15) is 19.8 Å². The summed E-state index contributed by atoms with van der Waals surface area (Å²) in [7, 11) is 0. The second-order valence-electron chi connectivity index (χ2n) is 3.94. The van der Waals surface area contributed by atoms with Gasteiger partial charge in [0.15, 0.2) is 0 Å². The van der Waals surface area contributed by atoms with E-state index in [-0.39, 0.29) is 24.4 Å². The third kappa shape index (κ3) is 5.55. The summed E-state index contributed by atoms with van der Waals surface area (Å²) >= 11 is 0. The highest BCUT2D eigenvalue weighted by atomic mass is 35.5. The smallest absolute Gasteiger partial charge is 0.352 e. The standard InChI is InChI=1S/C9H15F3N2O.ClH/c1-6-2-3-13-5-7(6)14-8(15)4-9(10,11)12;/h6-7,13H,2-5H2,1H3,(H,14,15);1H.